The summed E-state index contributed by atoms with van der Waals surface area (Å²) < 4.78 is 0. The number of carbonyl (C=O) groups excluding carboxylic acids is 1. The van der Waals surface area contributed by atoms with Crippen LogP contribution in [0.25, 0.3) is 0 Å². The molecule has 0 bridgehead atoms. The number of rotatable bonds is 5. The summed E-state index contributed by atoms with van der Waals surface area (Å²) in [5.74, 6) is 0.125. The highest BCUT2D eigenvalue weighted by Gasteiger charge is 2.14. The maximum atomic E-state index is 11.6. The minimum atomic E-state index is 0.125. The van der Waals surface area contributed by atoms with Gasteiger partial charge in [-0.2, -0.15) is 0 Å². The number of amides is 1. The number of hydrogen-bond acceptors (Lipinski definition) is 2. The van der Waals surface area contributed by atoms with E-state index in [1.807, 2.05) is 31.3 Å². The Bertz CT molecular complexity index is 389. The lowest BCUT2D eigenvalue weighted by Gasteiger charge is -2.25. The van der Waals surface area contributed by atoms with Gasteiger partial charge in [0.05, 0.1) is 6.54 Å². The zero-order valence-electron chi connectivity index (χ0n) is 11.5. The van der Waals surface area contributed by atoms with Gasteiger partial charge in [-0.3, -0.25) is 9.69 Å². The predicted molar refractivity (Wildman–Crippen MR) is 75.9 cm³/mol. The summed E-state index contributed by atoms with van der Waals surface area (Å²) in [4.78, 5) is 15.3. The van der Waals surface area contributed by atoms with Crippen molar-refractivity contribution in [1.82, 2.24) is 9.80 Å². The molecule has 0 radical (unpaired) electrons. The number of hydrogen-bond donors (Lipinski definition) is 0. The van der Waals surface area contributed by atoms with E-state index < -0.39 is 0 Å². The van der Waals surface area contributed by atoms with Crippen LogP contribution in [0.5, 0.6) is 0 Å². The van der Waals surface area contributed by atoms with Gasteiger partial charge in [0.1, 0.15) is 0 Å². The standard InChI is InChI=1S/C14H21ClN2O/c1-11(17(4)10-14(18)16(2)3)9-12-5-7-13(15)8-6-12/h5-8,11H,9-10H2,1-4H3/t11-/m0/s1. The topological polar surface area (TPSA) is 23.6 Å². The second-order valence-electron chi connectivity index (χ2n) is 4.88. The molecule has 100 valence electrons. The predicted octanol–water partition coefficient (Wildman–Crippen LogP) is 2.29. The Hall–Kier alpha value is -1.06. The van der Waals surface area contributed by atoms with Crippen LogP contribution in [0.2, 0.25) is 5.02 Å². The monoisotopic (exact) mass is 268 g/mol. The van der Waals surface area contributed by atoms with Gasteiger partial charge in [-0.1, -0.05) is 23.7 Å². The van der Waals surface area contributed by atoms with Crippen molar-refractivity contribution in [2.45, 2.75) is 19.4 Å². The van der Waals surface area contributed by atoms with Gasteiger partial charge in [-0.05, 0) is 38.1 Å². The molecule has 0 heterocycles. The molecule has 0 saturated carbocycles. The van der Waals surface area contributed by atoms with Gasteiger partial charge in [-0.25, -0.2) is 0 Å². The van der Waals surface area contributed by atoms with Gasteiger partial charge in [0, 0.05) is 25.2 Å². The molecular weight excluding hydrogens is 248 g/mol. The smallest absolute Gasteiger partial charge is 0.236 e. The fourth-order valence-corrected chi connectivity index (χ4v) is 1.75. The van der Waals surface area contributed by atoms with Crippen molar-refractivity contribution >= 4 is 17.5 Å². The second-order valence-corrected chi connectivity index (χ2v) is 5.32. The van der Waals surface area contributed by atoms with E-state index in [1.165, 1.54) is 5.56 Å². The highest BCUT2D eigenvalue weighted by atomic mass is 35.5. The molecule has 0 unspecified atom stereocenters. The van der Waals surface area contributed by atoms with Crippen LogP contribution >= 0.6 is 11.6 Å². The molecule has 0 N–H and O–H groups in total. The minimum absolute atomic E-state index is 0.125. The minimum Gasteiger partial charge on any atom is -0.348 e. The zero-order chi connectivity index (χ0) is 13.7. The van der Waals surface area contributed by atoms with Crippen LogP contribution in [-0.2, 0) is 11.2 Å². The van der Waals surface area contributed by atoms with Crippen molar-refractivity contribution in [3.05, 3.63) is 34.9 Å². The first kappa shape index (κ1) is 15.0. The van der Waals surface area contributed by atoms with Gasteiger partial charge in [-0.15, -0.1) is 0 Å². The molecule has 1 rings (SSSR count). The molecule has 18 heavy (non-hydrogen) atoms. The van der Waals surface area contributed by atoms with Crippen LogP contribution in [0.3, 0.4) is 0 Å². The molecule has 0 fully saturated rings. The number of carbonyl (C=O) groups is 1. The molecule has 0 aliphatic heterocycles. The van der Waals surface area contributed by atoms with Crippen LogP contribution in [-0.4, -0.2) is 49.4 Å². The Morgan fingerprint density at radius 2 is 1.78 bits per heavy atom. The molecular formula is C14H21ClN2O. The summed E-state index contributed by atoms with van der Waals surface area (Å²) in [6.07, 6.45) is 0.911. The van der Waals surface area contributed by atoms with E-state index in [-0.39, 0.29) is 5.91 Å². The summed E-state index contributed by atoms with van der Waals surface area (Å²) >= 11 is 5.85. The molecule has 1 amide bonds. The van der Waals surface area contributed by atoms with E-state index in [0.717, 1.165) is 11.4 Å². The number of likely N-dealkylation sites (N-methyl/N-ethyl adjacent to an activating group) is 2. The Morgan fingerprint density at radius 1 is 1.22 bits per heavy atom. The lowest BCUT2D eigenvalue weighted by atomic mass is 10.1. The van der Waals surface area contributed by atoms with Gasteiger partial charge >= 0.3 is 0 Å². The van der Waals surface area contributed by atoms with Crippen molar-refractivity contribution in [1.29, 1.82) is 0 Å². The van der Waals surface area contributed by atoms with E-state index in [2.05, 4.69) is 11.8 Å². The van der Waals surface area contributed by atoms with Crippen molar-refractivity contribution in [2.24, 2.45) is 0 Å². The average molecular weight is 269 g/mol. The number of benzene rings is 1. The Kier molecular flexibility index (Phi) is 5.63. The molecule has 1 atom stereocenters. The third kappa shape index (κ3) is 4.67. The molecule has 0 saturated heterocycles. The third-order valence-corrected chi connectivity index (χ3v) is 3.33. The van der Waals surface area contributed by atoms with Crippen molar-refractivity contribution in [3.63, 3.8) is 0 Å². The normalized spacial score (nSPS) is 12.6. The van der Waals surface area contributed by atoms with Gasteiger partial charge in [0.15, 0.2) is 0 Å². The first-order chi connectivity index (χ1) is 8.40. The van der Waals surface area contributed by atoms with Gasteiger partial charge in [0.25, 0.3) is 0 Å². The van der Waals surface area contributed by atoms with E-state index in [1.54, 1.807) is 19.0 Å². The van der Waals surface area contributed by atoms with E-state index in [4.69, 9.17) is 11.6 Å². The summed E-state index contributed by atoms with van der Waals surface area (Å²) in [5, 5.41) is 0.752. The Labute approximate surface area is 114 Å². The van der Waals surface area contributed by atoms with Crippen LogP contribution in [0.4, 0.5) is 0 Å². The van der Waals surface area contributed by atoms with Crippen LogP contribution in [0.15, 0.2) is 24.3 Å². The van der Waals surface area contributed by atoms with E-state index in [9.17, 15) is 4.79 Å². The van der Waals surface area contributed by atoms with Gasteiger partial charge < -0.3 is 4.90 Å². The summed E-state index contributed by atoms with van der Waals surface area (Å²) in [6.45, 7) is 2.57. The summed E-state index contributed by atoms with van der Waals surface area (Å²) in [6, 6.07) is 8.17. The SMILES string of the molecule is C[C@@H](Cc1ccc(Cl)cc1)N(C)CC(=O)N(C)C. The fraction of sp³-hybridized carbons (Fsp3) is 0.500. The molecule has 4 heteroatoms. The lowest BCUT2D eigenvalue weighted by molar-refractivity contribution is -0.130. The average Bonchev–Trinajstić information content (AvgIpc) is 2.31. The molecule has 3 nitrogen and oxygen atoms in total. The highest BCUT2D eigenvalue weighted by molar-refractivity contribution is 6.30. The molecule has 1 aromatic rings. The zero-order valence-corrected chi connectivity index (χ0v) is 12.2. The third-order valence-electron chi connectivity index (χ3n) is 3.08. The largest absolute Gasteiger partial charge is 0.348 e. The molecule has 0 aromatic heterocycles. The maximum Gasteiger partial charge on any atom is 0.236 e. The maximum absolute atomic E-state index is 11.6. The van der Waals surface area contributed by atoms with Crippen molar-refractivity contribution < 1.29 is 4.79 Å². The molecule has 0 aliphatic carbocycles. The quantitative estimate of drug-likeness (QED) is 0.818. The van der Waals surface area contributed by atoms with Crippen LogP contribution in [0.1, 0.15) is 12.5 Å². The van der Waals surface area contributed by atoms with Crippen molar-refractivity contribution in [2.75, 3.05) is 27.7 Å². The molecule has 1 aromatic carbocycles. The van der Waals surface area contributed by atoms with Crippen molar-refractivity contribution in [3.8, 4) is 0 Å². The molecule has 0 aliphatic rings. The Morgan fingerprint density at radius 3 is 2.28 bits per heavy atom. The first-order valence-electron chi connectivity index (χ1n) is 6.05. The first-order valence-corrected chi connectivity index (χ1v) is 6.42. The summed E-state index contributed by atoms with van der Waals surface area (Å²) in [5.41, 5.74) is 1.23. The second kappa shape index (κ2) is 6.76. The molecule has 0 spiro atoms. The van der Waals surface area contributed by atoms with Crippen LogP contribution < -0.4 is 0 Å². The number of halogens is 1. The number of nitrogens with zero attached hydrogens (tertiary/aromatic N) is 2. The van der Waals surface area contributed by atoms with Crippen LogP contribution in [0, 0.1) is 0 Å². The lowest BCUT2D eigenvalue weighted by Crippen LogP contribution is -2.39. The summed E-state index contributed by atoms with van der Waals surface area (Å²) in [7, 11) is 5.53. The fourth-order valence-electron chi connectivity index (χ4n) is 1.63. The Balaban J connectivity index is 2.51. The van der Waals surface area contributed by atoms with E-state index in [0.29, 0.717) is 12.6 Å². The highest BCUT2D eigenvalue weighted by Crippen LogP contribution is 2.12. The van der Waals surface area contributed by atoms with E-state index >= 15 is 0 Å². The van der Waals surface area contributed by atoms with Gasteiger partial charge in [0.2, 0.25) is 5.91 Å².